The zero-order valence-electron chi connectivity index (χ0n) is 15.8. The van der Waals surface area contributed by atoms with Crippen LogP contribution in [0.15, 0.2) is 0 Å². The third-order valence-electron chi connectivity index (χ3n) is 5.38. The van der Waals surface area contributed by atoms with E-state index in [1.807, 2.05) is 0 Å². The van der Waals surface area contributed by atoms with Gasteiger partial charge in [-0.05, 0) is 61.6 Å². The molecule has 1 unspecified atom stereocenters. The van der Waals surface area contributed by atoms with Gasteiger partial charge < -0.3 is 10.2 Å². The molecular formula is C19H40N2. The molecule has 2 heteroatoms. The number of hydrogen-bond donors (Lipinski definition) is 1. The summed E-state index contributed by atoms with van der Waals surface area (Å²) in [6, 6.07) is 0. The summed E-state index contributed by atoms with van der Waals surface area (Å²) in [5, 5.41) is 3.67. The first-order chi connectivity index (χ1) is 9.66. The summed E-state index contributed by atoms with van der Waals surface area (Å²) < 4.78 is 0. The van der Waals surface area contributed by atoms with E-state index in [1.54, 1.807) is 0 Å². The molecule has 0 aromatic heterocycles. The summed E-state index contributed by atoms with van der Waals surface area (Å²) in [7, 11) is 0. The molecule has 0 aliphatic carbocycles. The molecule has 0 amide bonds. The lowest BCUT2D eigenvalue weighted by atomic mass is 9.75. The number of likely N-dealkylation sites (tertiary alicyclic amines) is 1. The van der Waals surface area contributed by atoms with E-state index in [0.717, 1.165) is 24.9 Å². The number of hydrogen-bond acceptors (Lipinski definition) is 2. The molecule has 126 valence electrons. The first-order valence-electron chi connectivity index (χ1n) is 9.09. The van der Waals surface area contributed by atoms with E-state index in [2.05, 4.69) is 58.7 Å². The number of nitrogens with one attached hydrogen (secondary N) is 1. The highest BCUT2D eigenvalue weighted by atomic mass is 15.1. The van der Waals surface area contributed by atoms with Gasteiger partial charge >= 0.3 is 0 Å². The second-order valence-electron chi connectivity index (χ2n) is 9.11. The predicted octanol–water partition coefficient (Wildman–Crippen LogP) is 4.41. The Morgan fingerprint density at radius 1 is 1.10 bits per heavy atom. The SMILES string of the molecule is CCC(C)(CNCC(C)C)CN1CCC(C(C)(C)C)CC1. The average molecular weight is 297 g/mol. The predicted molar refractivity (Wildman–Crippen MR) is 94.7 cm³/mol. The lowest BCUT2D eigenvalue weighted by Crippen LogP contribution is -2.46. The van der Waals surface area contributed by atoms with Crippen LogP contribution in [0.5, 0.6) is 0 Å². The van der Waals surface area contributed by atoms with Crippen LogP contribution < -0.4 is 5.32 Å². The molecule has 1 aliphatic rings. The minimum Gasteiger partial charge on any atom is -0.316 e. The van der Waals surface area contributed by atoms with E-state index in [-0.39, 0.29) is 0 Å². The first-order valence-corrected chi connectivity index (χ1v) is 9.09. The van der Waals surface area contributed by atoms with Crippen LogP contribution in [0.4, 0.5) is 0 Å². The molecule has 0 radical (unpaired) electrons. The van der Waals surface area contributed by atoms with Crippen molar-refractivity contribution in [2.24, 2.45) is 22.7 Å². The van der Waals surface area contributed by atoms with E-state index in [1.165, 1.54) is 38.9 Å². The van der Waals surface area contributed by atoms with Crippen molar-refractivity contribution in [3.05, 3.63) is 0 Å². The van der Waals surface area contributed by atoms with Gasteiger partial charge in [-0.15, -0.1) is 0 Å². The van der Waals surface area contributed by atoms with E-state index < -0.39 is 0 Å². The highest BCUT2D eigenvalue weighted by Gasteiger charge is 2.31. The molecular weight excluding hydrogens is 256 g/mol. The summed E-state index contributed by atoms with van der Waals surface area (Å²) >= 11 is 0. The average Bonchev–Trinajstić information content (AvgIpc) is 2.38. The number of piperidine rings is 1. The van der Waals surface area contributed by atoms with Crippen LogP contribution >= 0.6 is 0 Å². The molecule has 1 saturated heterocycles. The molecule has 1 atom stereocenters. The maximum Gasteiger partial charge on any atom is 0.00474 e. The van der Waals surface area contributed by atoms with Crippen molar-refractivity contribution in [2.45, 2.75) is 67.7 Å². The Kier molecular flexibility index (Phi) is 7.19. The van der Waals surface area contributed by atoms with Crippen molar-refractivity contribution in [1.29, 1.82) is 0 Å². The van der Waals surface area contributed by atoms with Gasteiger partial charge in [-0.1, -0.05) is 48.5 Å². The van der Waals surface area contributed by atoms with E-state index in [0.29, 0.717) is 10.8 Å². The van der Waals surface area contributed by atoms with Gasteiger partial charge in [-0.25, -0.2) is 0 Å². The molecule has 21 heavy (non-hydrogen) atoms. The highest BCUT2D eigenvalue weighted by molar-refractivity contribution is 4.85. The van der Waals surface area contributed by atoms with E-state index in [4.69, 9.17) is 0 Å². The van der Waals surface area contributed by atoms with Crippen LogP contribution in [-0.4, -0.2) is 37.6 Å². The van der Waals surface area contributed by atoms with Crippen LogP contribution in [0.1, 0.15) is 67.7 Å². The van der Waals surface area contributed by atoms with Gasteiger partial charge in [-0.2, -0.15) is 0 Å². The van der Waals surface area contributed by atoms with Crippen LogP contribution in [0.25, 0.3) is 0 Å². The Bertz CT molecular complexity index is 284. The van der Waals surface area contributed by atoms with Gasteiger partial charge in [0.25, 0.3) is 0 Å². The van der Waals surface area contributed by atoms with Crippen molar-refractivity contribution in [1.82, 2.24) is 10.2 Å². The fourth-order valence-corrected chi connectivity index (χ4v) is 3.45. The van der Waals surface area contributed by atoms with Crippen molar-refractivity contribution in [3.63, 3.8) is 0 Å². The van der Waals surface area contributed by atoms with Crippen molar-refractivity contribution in [2.75, 3.05) is 32.7 Å². The minimum atomic E-state index is 0.420. The maximum absolute atomic E-state index is 3.67. The minimum absolute atomic E-state index is 0.420. The van der Waals surface area contributed by atoms with E-state index in [9.17, 15) is 0 Å². The van der Waals surface area contributed by atoms with Gasteiger partial charge in [0.15, 0.2) is 0 Å². The Labute approximate surface area is 134 Å². The van der Waals surface area contributed by atoms with Crippen LogP contribution in [0.2, 0.25) is 0 Å². The van der Waals surface area contributed by atoms with Crippen molar-refractivity contribution >= 4 is 0 Å². The molecule has 1 fully saturated rings. The van der Waals surface area contributed by atoms with Gasteiger partial charge in [0.05, 0.1) is 0 Å². The highest BCUT2D eigenvalue weighted by Crippen LogP contribution is 2.35. The molecule has 1 heterocycles. The summed E-state index contributed by atoms with van der Waals surface area (Å²) in [5.74, 6) is 1.65. The monoisotopic (exact) mass is 296 g/mol. The number of nitrogens with zero attached hydrogens (tertiary/aromatic N) is 1. The maximum atomic E-state index is 3.67. The third-order valence-corrected chi connectivity index (χ3v) is 5.38. The Morgan fingerprint density at radius 2 is 1.67 bits per heavy atom. The molecule has 0 aromatic rings. The standard InChI is InChI=1S/C19H40N2/c1-8-19(7,14-20-13-16(2)3)15-21-11-9-17(10-12-21)18(4,5)6/h16-17,20H,8-15H2,1-7H3. The molecule has 0 spiro atoms. The fraction of sp³-hybridized carbons (Fsp3) is 1.00. The molecule has 1 rings (SSSR count). The lowest BCUT2D eigenvalue weighted by molar-refractivity contribution is 0.0773. The van der Waals surface area contributed by atoms with Crippen LogP contribution in [0.3, 0.4) is 0 Å². The lowest BCUT2D eigenvalue weighted by Gasteiger charge is -2.42. The Hall–Kier alpha value is -0.0800. The largest absolute Gasteiger partial charge is 0.316 e. The van der Waals surface area contributed by atoms with E-state index >= 15 is 0 Å². The fourth-order valence-electron chi connectivity index (χ4n) is 3.45. The quantitative estimate of drug-likeness (QED) is 0.749. The van der Waals surface area contributed by atoms with Crippen LogP contribution in [-0.2, 0) is 0 Å². The van der Waals surface area contributed by atoms with Gasteiger partial charge in [0.1, 0.15) is 0 Å². The summed E-state index contributed by atoms with van der Waals surface area (Å²) in [5.41, 5.74) is 0.905. The summed E-state index contributed by atoms with van der Waals surface area (Å²) in [6.45, 7) is 22.7. The molecule has 1 N–H and O–H groups in total. The summed E-state index contributed by atoms with van der Waals surface area (Å²) in [4.78, 5) is 2.71. The van der Waals surface area contributed by atoms with Gasteiger partial charge in [0.2, 0.25) is 0 Å². The zero-order chi connectivity index (χ0) is 16.1. The van der Waals surface area contributed by atoms with Gasteiger partial charge in [0, 0.05) is 13.1 Å². The van der Waals surface area contributed by atoms with Crippen molar-refractivity contribution in [3.8, 4) is 0 Å². The third kappa shape index (κ3) is 6.69. The molecule has 0 aromatic carbocycles. The second kappa shape index (κ2) is 7.97. The zero-order valence-corrected chi connectivity index (χ0v) is 15.8. The second-order valence-corrected chi connectivity index (χ2v) is 9.11. The smallest absolute Gasteiger partial charge is 0.00474 e. The Balaban J connectivity index is 2.40. The number of rotatable bonds is 7. The first kappa shape index (κ1) is 19.0. The summed E-state index contributed by atoms with van der Waals surface area (Å²) in [6.07, 6.45) is 4.02. The topological polar surface area (TPSA) is 15.3 Å². The molecule has 0 saturated carbocycles. The molecule has 1 aliphatic heterocycles. The van der Waals surface area contributed by atoms with Crippen LogP contribution in [0, 0.1) is 22.7 Å². The van der Waals surface area contributed by atoms with Crippen molar-refractivity contribution < 1.29 is 0 Å². The molecule has 2 nitrogen and oxygen atoms in total. The molecule has 0 bridgehead atoms. The Morgan fingerprint density at radius 3 is 2.10 bits per heavy atom. The van der Waals surface area contributed by atoms with Gasteiger partial charge in [-0.3, -0.25) is 0 Å². The normalized spacial score (nSPS) is 21.7.